The number of nitrogens with zero attached hydrogens (tertiary/aromatic N) is 3. The van der Waals surface area contributed by atoms with Crippen LogP contribution >= 0.6 is 15.9 Å². The largest absolute Gasteiger partial charge is 0.389 e. The molecule has 0 aliphatic carbocycles. The van der Waals surface area contributed by atoms with Gasteiger partial charge in [-0.3, -0.25) is 4.98 Å². The van der Waals surface area contributed by atoms with Crippen molar-refractivity contribution in [1.29, 1.82) is 0 Å². The zero-order valence-corrected chi connectivity index (χ0v) is 10.7. The van der Waals surface area contributed by atoms with E-state index in [0.29, 0.717) is 0 Å². The van der Waals surface area contributed by atoms with Gasteiger partial charge in [0, 0.05) is 16.1 Å². The Morgan fingerprint density at radius 2 is 2.17 bits per heavy atom. The number of pyridine rings is 1. The van der Waals surface area contributed by atoms with E-state index in [-0.39, 0.29) is 12.0 Å². The summed E-state index contributed by atoms with van der Waals surface area (Å²) < 4.78 is 5.99. The Bertz CT molecular complexity index is 711. The topological polar surface area (TPSA) is 89.9 Å². The molecule has 18 heavy (non-hydrogen) atoms. The lowest BCUT2D eigenvalue weighted by molar-refractivity contribution is 0.593. The van der Waals surface area contributed by atoms with Crippen LogP contribution in [-0.4, -0.2) is 15.2 Å². The van der Waals surface area contributed by atoms with E-state index in [1.807, 2.05) is 24.3 Å². The normalized spacial score (nSPS) is 10.7. The number of hydrogen-bond acceptors (Lipinski definition) is 6. The Morgan fingerprint density at radius 1 is 1.28 bits per heavy atom. The number of fused-ring (bicyclic) bond motifs is 1. The van der Waals surface area contributed by atoms with Gasteiger partial charge in [0.2, 0.25) is 0 Å². The molecule has 0 fully saturated rings. The van der Waals surface area contributed by atoms with E-state index in [1.165, 1.54) is 0 Å². The quantitative estimate of drug-likeness (QED) is 0.756. The van der Waals surface area contributed by atoms with E-state index >= 15 is 0 Å². The molecular weight excluding hydrogens is 298 g/mol. The number of halogens is 1. The summed E-state index contributed by atoms with van der Waals surface area (Å²) in [5.41, 5.74) is 6.96. The first-order valence-electron chi connectivity index (χ1n) is 5.12. The maximum Gasteiger partial charge on any atom is 0.321 e. The second-order valence-corrected chi connectivity index (χ2v) is 4.52. The van der Waals surface area contributed by atoms with Gasteiger partial charge >= 0.3 is 12.0 Å². The first-order valence-corrected chi connectivity index (χ1v) is 5.92. The standard InChI is InChI=1S/C11H8BrN5O/c12-7-4-6-2-1-3-8(9(6)14-5-7)15-11-17-16-10(13)18-11/h1-5H,(H2,13,16)(H,15,17). The van der Waals surface area contributed by atoms with Gasteiger partial charge in [-0.2, -0.15) is 0 Å². The molecule has 0 bridgehead atoms. The van der Waals surface area contributed by atoms with E-state index in [9.17, 15) is 0 Å². The van der Waals surface area contributed by atoms with Crippen LogP contribution in [-0.2, 0) is 0 Å². The molecule has 3 rings (SSSR count). The fraction of sp³-hybridized carbons (Fsp3) is 0. The van der Waals surface area contributed by atoms with Crippen LogP contribution in [0.1, 0.15) is 0 Å². The fourth-order valence-corrected chi connectivity index (χ4v) is 1.98. The molecule has 90 valence electrons. The lowest BCUT2D eigenvalue weighted by Crippen LogP contribution is -1.93. The lowest BCUT2D eigenvalue weighted by atomic mass is 10.2. The summed E-state index contributed by atoms with van der Waals surface area (Å²) in [6, 6.07) is 8.01. The number of rotatable bonds is 2. The lowest BCUT2D eigenvalue weighted by Gasteiger charge is -2.05. The zero-order valence-electron chi connectivity index (χ0n) is 9.09. The van der Waals surface area contributed by atoms with Crippen molar-refractivity contribution in [2.75, 3.05) is 11.1 Å². The second kappa shape index (κ2) is 4.26. The number of para-hydroxylation sites is 1. The monoisotopic (exact) mass is 305 g/mol. The highest BCUT2D eigenvalue weighted by Crippen LogP contribution is 2.26. The predicted octanol–water partition coefficient (Wildman–Crippen LogP) is 2.71. The number of nitrogen functional groups attached to an aromatic ring is 1. The third-order valence-electron chi connectivity index (χ3n) is 2.36. The molecule has 0 amide bonds. The molecular formula is C11H8BrN5O. The van der Waals surface area contributed by atoms with Crippen molar-refractivity contribution in [2.24, 2.45) is 0 Å². The molecule has 2 aromatic heterocycles. The van der Waals surface area contributed by atoms with E-state index in [2.05, 4.69) is 36.4 Å². The van der Waals surface area contributed by atoms with Gasteiger partial charge in [0.25, 0.3) is 0 Å². The molecule has 0 saturated heterocycles. The molecule has 0 unspecified atom stereocenters. The van der Waals surface area contributed by atoms with Gasteiger partial charge in [0.05, 0.1) is 11.2 Å². The van der Waals surface area contributed by atoms with Gasteiger partial charge in [-0.25, -0.2) is 0 Å². The van der Waals surface area contributed by atoms with Crippen LogP contribution < -0.4 is 11.1 Å². The van der Waals surface area contributed by atoms with Gasteiger partial charge in [0.1, 0.15) is 0 Å². The van der Waals surface area contributed by atoms with Crippen LogP contribution in [0.2, 0.25) is 0 Å². The number of aromatic nitrogens is 3. The molecule has 0 atom stereocenters. The molecule has 0 aliphatic rings. The number of hydrogen-bond donors (Lipinski definition) is 2. The average Bonchev–Trinajstić information content (AvgIpc) is 2.75. The van der Waals surface area contributed by atoms with E-state index in [0.717, 1.165) is 21.1 Å². The van der Waals surface area contributed by atoms with Crippen molar-refractivity contribution in [3.05, 3.63) is 34.9 Å². The first-order chi connectivity index (χ1) is 8.72. The third kappa shape index (κ3) is 2.00. The van der Waals surface area contributed by atoms with Crippen LogP contribution in [0.3, 0.4) is 0 Å². The van der Waals surface area contributed by atoms with E-state index in [4.69, 9.17) is 10.2 Å². The minimum atomic E-state index is 0.0217. The Balaban J connectivity index is 2.06. The van der Waals surface area contributed by atoms with Crippen molar-refractivity contribution in [3.8, 4) is 0 Å². The molecule has 0 spiro atoms. The van der Waals surface area contributed by atoms with Crippen LogP contribution in [0.5, 0.6) is 0 Å². The van der Waals surface area contributed by atoms with Gasteiger partial charge in [0.15, 0.2) is 0 Å². The molecule has 0 aliphatic heterocycles. The summed E-state index contributed by atoms with van der Waals surface area (Å²) in [6.07, 6.45) is 1.73. The maximum atomic E-state index is 5.36. The Morgan fingerprint density at radius 3 is 2.94 bits per heavy atom. The summed E-state index contributed by atoms with van der Waals surface area (Å²) in [4.78, 5) is 4.35. The van der Waals surface area contributed by atoms with Crippen molar-refractivity contribution in [1.82, 2.24) is 15.2 Å². The second-order valence-electron chi connectivity index (χ2n) is 3.60. The summed E-state index contributed by atoms with van der Waals surface area (Å²) in [7, 11) is 0. The highest BCUT2D eigenvalue weighted by Gasteiger charge is 2.07. The van der Waals surface area contributed by atoms with Gasteiger partial charge in [-0.05, 0) is 28.1 Å². The minimum Gasteiger partial charge on any atom is -0.389 e. The molecule has 0 saturated carbocycles. The van der Waals surface area contributed by atoms with Crippen molar-refractivity contribution in [3.63, 3.8) is 0 Å². The maximum absolute atomic E-state index is 5.36. The number of nitrogens with one attached hydrogen (secondary N) is 1. The molecule has 1 aromatic carbocycles. The summed E-state index contributed by atoms with van der Waals surface area (Å²) in [5, 5.41) is 11.3. The SMILES string of the molecule is Nc1nnc(Nc2cccc3cc(Br)cnc23)o1. The summed E-state index contributed by atoms with van der Waals surface area (Å²) in [5.74, 6) is 0. The Kier molecular flexibility index (Phi) is 2.60. The smallest absolute Gasteiger partial charge is 0.321 e. The zero-order chi connectivity index (χ0) is 12.5. The predicted molar refractivity (Wildman–Crippen MR) is 71.4 cm³/mol. The highest BCUT2D eigenvalue weighted by molar-refractivity contribution is 9.10. The summed E-state index contributed by atoms with van der Waals surface area (Å²) >= 11 is 3.39. The van der Waals surface area contributed by atoms with E-state index < -0.39 is 0 Å². The molecule has 2 heterocycles. The van der Waals surface area contributed by atoms with Gasteiger partial charge in [-0.1, -0.05) is 22.3 Å². The van der Waals surface area contributed by atoms with Crippen LogP contribution in [0, 0.1) is 0 Å². The number of nitrogens with two attached hydrogens (primary N) is 1. The first kappa shape index (κ1) is 11.0. The fourth-order valence-electron chi connectivity index (χ4n) is 1.64. The minimum absolute atomic E-state index is 0.0217. The van der Waals surface area contributed by atoms with Gasteiger partial charge < -0.3 is 15.5 Å². The highest BCUT2D eigenvalue weighted by atomic mass is 79.9. The van der Waals surface area contributed by atoms with Crippen LogP contribution in [0.15, 0.2) is 39.4 Å². The van der Waals surface area contributed by atoms with Crippen molar-refractivity contribution >= 4 is 44.5 Å². The number of benzene rings is 1. The molecule has 3 N–H and O–H groups in total. The van der Waals surface area contributed by atoms with Crippen molar-refractivity contribution < 1.29 is 4.42 Å². The molecule has 0 radical (unpaired) electrons. The molecule has 3 aromatic rings. The average molecular weight is 306 g/mol. The Hall–Kier alpha value is -2.15. The molecule has 6 nitrogen and oxygen atoms in total. The van der Waals surface area contributed by atoms with Crippen LogP contribution in [0.4, 0.5) is 17.7 Å². The summed E-state index contributed by atoms with van der Waals surface area (Å²) in [6.45, 7) is 0. The number of anilines is 3. The third-order valence-corrected chi connectivity index (χ3v) is 2.79. The van der Waals surface area contributed by atoms with Crippen LogP contribution in [0.25, 0.3) is 10.9 Å². The van der Waals surface area contributed by atoms with Crippen molar-refractivity contribution in [2.45, 2.75) is 0 Å². The van der Waals surface area contributed by atoms with E-state index in [1.54, 1.807) is 6.20 Å². The molecule has 7 heteroatoms. The Labute approximate surface area is 110 Å². The van der Waals surface area contributed by atoms with Gasteiger partial charge in [-0.15, -0.1) is 0 Å².